The van der Waals surface area contributed by atoms with Crippen LogP contribution in [0.25, 0.3) is 17.0 Å². The third kappa shape index (κ3) is 1.39. The Labute approximate surface area is 82.8 Å². The quantitative estimate of drug-likeness (QED) is 0.720. The van der Waals surface area contributed by atoms with E-state index in [0.29, 0.717) is 0 Å². The molecule has 2 rings (SSSR count). The summed E-state index contributed by atoms with van der Waals surface area (Å²) in [6.45, 7) is 1.96. The second-order valence-electron chi connectivity index (χ2n) is 3.03. The summed E-state index contributed by atoms with van der Waals surface area (Å²) in [7, 11) is 1.65. The van der Waals surface area contributed by atoms with Crippen LogP contribution in [0.15, 0.2) is 34.8 Å². The molecule has 0 fully saturated rings. The van der Waals surface area contributed by atoms with Crippen molar-refractivity contribution in [1.29, 1.82) is 0 Å². The average Bonchev–Trinajstić information content (AvgIpc) is 2.60. The molecule has 0 aliphatic heterocycles. The Kier molecular flexibility index (Phi) is 2.27. The molecule has 2 aromatic rings. The maximum absolute atomic E-state index is 5.62. The summed E-state index contributed by atoms with van der Waals surface area (Å²) in [5.41, 5.74) is 0.808. The molecule has 72 valence electrons. The number of benzene rings is 1. The highest BCUT2D eigenvalue weighted by Gasteiger charge is 2.05. The molecule has 0 N–H and O–H groups in total. The van der Waals surface area contributed by atoms with Gasteiger partial charge in [0.25, 0.3) is 0 Å². The molecule has 0 radical (unpaired) electrons. The summed E-state index contributed by atoms with van der Waals surface area (Å²) in [5, 5.41) is 1.07. The van der Waals surface area contributed by atoms with Crippen LogP contribution in [0.1, 0.15) is 12.7 Å². The van der Waals surface area contributed by atoms with Crippen LogP contribution in [-0.4, -0.2) is 7.11 Å². The van der Waals surface area contributed by atoms with Gasteiger partial charge in [-0.2, -0.15) is 0 Å². The maximum atomic E-state index is 5.62. The van der Waals surface area contributed by atoms with E-state index in [1.807, 2.05) is 43.3 Å². The summed E-state index contributed by atoms with van der Waals surface area (Å²) in [6.07, 6.45) is 3.88. The van der Waals surface area contributed by atoms with E-state index in [1.54, 1.807) is 7.11 Å². The minimum Gasteiger partial charge on any atom is -0.493 e. The SMILES string of the molecule is CC=Cc1cc2cccc(OC)c2o1. The molecule has 2 nitrogen and oxygen atoms in total. The molecule has 0 saturated heterocycles. The number of hydrogen-bond acceptors (Lipinski definition) is 2. The number of hydrogen-bond donors (Lipinski definition) is 0. The number of ether oxygens (including phenoxy) is 1. The van der Waals surface area contributed by atoms with E-state index in [0.717, 1.165) is 22.5 Å². The first-order valence-electron chi connectivity index (χ1n) is 4.54. The molecule has 0 aliphatic rings. The van der Waals surface area contributed by atoms with Crippen molar-refractivity contribution in [2.45, 2.75) is 6.92 Å². The van der Waals surface area contributed by atoms with Crippen molar-refractivity contribution in [2.75, 3.05) is 7.11 Å². The summed E-state index contributed by atoms with van der Waals surface area (Å²) in [4.78, 5) is 0. The van der Waals surface area contributed by atoms with E-state index in [-0.39, 0.29) is 0 Å². The smallest absolute Gasteiger partial charge is 0.176 e. The van der Waals surface area contributed by atoms with Crippen molar-refractivity contribution >= 4 is 17.0 Å². The molecule has 0 spiro atoms. The van der Waals surface area contributed by atoms with E-state index in [1.165, 1.54) is 0 Å². The van der Waals surface area contributed by atoms with Gasteiger partial charge in [0.2, 0.25) is 0 Å². The zero-order chi connectivity index (χ0) is 9.97. The molecule has 14 heavy (non-hydrogen) atoms. The van der Waals surface area contributed by atoms with E-state index in [2.05, 4.69) is 0 Å². The molecule has 0 unspecified atom stereocenters. The fourth-order valence-corrected chi connectivity index (χ4v) is 1.46. The molecule has 2 heteroatoms. The Bertz CT molecular complexity index is 466. The van der Waals surface area contributed by atoms with Gasteiger partial charge in [0.15, 0.2) is 11.3 Å². The lowest BCUT2D eigenvalue weighted by molar-refractivity contribution is 0.410. The topological polar surface area (TPSA) is 22.4 Å². The second kappa shape index (κ2) is 3.58. The van der Waals surface area contributed by atoms with Crippen molar-refractivity contribution in [3.05, 3.63) is 36.1 Å². The zero-order valence-electron chi connectivity index (χ0n) is 8.28. The molecule has 1 heterocycles. The highest BCUT2D eigenvalue weighted by Crippen LogP contribution is 2.28. The van der Waals surface area contributed by atoms with Crippen molar-refractivity contribution in [1.82, 2.24) is 0 Å². The lowest BCUT2D eigenvalue weighted by Gasteiger charge is -1.98. The predicted octanol–water partition coefficient (Wildman–Crippen LogP) is 3.47. The standard InChI is InChI=1S/C12H12O2/c1-3-5-10-8-9-6-4-7-11(13-2)12(9)14-10/h3-8H,1-2H3. The molecule has 1 aromatic heterocycles. The number of allylic oxidation sites excluding steroid dienone is 1. The van der Waals surface area contributed by atoms with Crippen LogP contribution in [0.4, 0.5) is 0 Å². The van der Waals surface area contributed by atoms with Crippen LogP contribution in [0, 0.1) is 0 Å². The molecule has 0 aliphatic carbocycles. The highest BCUT2D eigenvalue weighted by molar-refractivity contribution is 5.85. The predicted molar refractivity (Wildman–Crippen MR) is 57.5 cm³/mol. The van der Waals surface area contributed by atoms with Gasteiger partial charge in [0.1, 0.15) is 5.76 Å². The lowest BCUT2D eigenvalue weighted by Crippen LogP contribution is -1.81. The molecule has 0 bridgehead atoms. The summed E-state index contributed by atoms with van der Waals surface area (Å²) >= 11 is 0. The van der Waals surface area contributed by atoms with Gasteiger partial charge >= 0.3 is 0 Å². The molecule has 1 aromatic carbocycles. The number of methoxy groups -OCH3 is 1. The van der Waals surface area contributed by atoms with Crippen LogP contribution >= 0.6 is 0 Å². The summed E-state index contributed by atoms with van der Waals surface area (Å²) < 4.78 is 10.8. The Hall–Kier alpha value is -1.70. The Morgan fingerprint density at radius 2 is 2.21 bits per heavy atom. The molecule has 0 saturated carbocycles. The van der Waals surface area contributed by atoms with Gasteiger partial charge in [0, 0.05) is 5.39 Å². The van der Waals surface area contributed by atoms with E-state index in [4.69, 9.17) is 9.15 Å². The first-order valence-corrected chi connectivity index (χ1v) is 4.54. The average molecular weight is 188 g/mol. The largest absolute Gasteiger partial charge is 0.493 e. The molecular formula is C12H12O2. The third-order valence-electron chi connectivity index (χ3n) is 2.08. The molecule has 0 atom stereocenters. The highest BCUT2D eigenvalue weighted by atomic mass is 16.5. The van der Waals surface area contributed by atoms with E-state index < -0.39 is 0 Å². The van der Waals surface area contributed by atoms with Gasteiger partial charge in [-0.1, -0.05) is 18.2 Å². The minimum absolute atomic E-state index is 0.776. The first-order chi connectivity index (χ1) is 6.85. The number of furan rings is 1. The third-order valence-corrected chi connectivity index (χ3v) is 2.08. The first kappa shape index (κ1) is 8.88. The van der Waals surface area contributed by atoms with Gasteiger partial charge in [-0.3, -0.25) is 0 Å². The van der Waals surface area contributed by atoms with Gasteiger partial charge in [-0.25, -0.2) is 0 Å². The van der Waals surface area contributed by atoms with Crippen LogP contribution in [-0.2, 0) is 0 Å². The van der Waals surface area contributed by atoms with E-state index in [9.17, 15) is 0 Å². The number of rotatable bonds is 2. The maximum Gasteiger partial charge on any atom is 0.176 e. The summed E-state index contributed by atoms with van der Waals surface area (Å²) in [6, 6.07) is 7.85. The van der Waals surface area contributed by atoms with Gasteiger partial charge in [-0.15, -0.1) is 0 Å². The van der Waals surface area contributed by atoms with E-state index >= 15 is 0 Å². The van der Waals surface area contributed by atoms with Crippen molar-refractivity contribution in [2.24, 2.45) is 0 Å². The normalized spacial score (nSPS) is 11.3. The van der Waals surface area contributed by atoms with Gasteiger partial charge in [0.05, 0.1) is 7.11 Å². The Morgan fingerprint density at radius 3 is 2.93 bits per heavy atom. The fourth-order valence-electron chi connectivity index (χ4n) is 1.46. The monoisotopic (exact) mass is 188 g/mol. The van der Waals surface area contributed by atoms with Crippen LogP contribution in [0.5, 0.6) is 5.75 Å². The van der Waals surface area contributed by atoms with Crippen molar-refractivity contribution < 1.29 is 9.15 Å². The minimum atomic E-state index is 0.776. The van der Waals surface area contributed by atoms with Crippen molar-refractivity contribution in [3.8, 4) is 5.75 Å². The van der Waals surface area contributed by atoms with Crippen LogP contribution in [0.3, 0.4) is 0 Å². The number of para-hydroxylation sites is 1. The molecule has 0 amide bonds. The zero-order valence-corrected chi connectivity index (χ0v) is 8.28. The van der Waals surface area contributed by atoms with Crippen LogP contribution in [0.2, 0.25) is 0 Å². The number of fused-ring (bicyclic) bond motifs is 1. The Balaban J connectivity index is 2.64. The Morgan fingerprint density at radius 1 is 1.36 bits per heavy atom. The fraction of sp³-hybridized carbons (Fsp3) is 0.167. The van der Waals surface area contributed by atoms with Crippen LogP contribution < -0.4 is 4.74 Å². The second-order valence-corrected chi connectivity index (χ2v) is 3.03. The van der Waals surface area contributed by atoms with Crippen molar-refractivity contribution in [3.63, 3.8) is 0 Å². The lowest BCUT2D eigenvalue weighted by atomic mass is 10.2. The summed E-state index contributed by atoms with van der Waals surface area (Å²) in [5.74, 6) is 1.63. The van der Waals surface area contributed by atoms with Gasteiger partial charge in [-0.05, 0) is 25.1 Å². The van der Waals surface area contributed by atoms with Gasteiger partial charge < -0.3 is 9.15 Å². The molecular weight excluding hydrogens is 176 g/mol.